The van der Waals surface area contributed by atoms with Crippen LogP contribution in [0.25, 0.3) is 11.1 Å². The van der Waals surface area contributed by atoms with Crippen molar-refractivity contribution in [2.24, 2.45) is 0 Å². The average molecular weight is 173 g/mol. The van der Waals surface area contributed by atoms with E-state index >= 15 is 0 Å². The molecule has 0 saturated heterocycles. The summed E-state index contributed by atoms with van der Waals surface area (Å²) in [5.41, 5.74) is 3.14. The predicted octanol–water partition coefficient (Wildman–Crippen LogP) is 3.01. The van der Waals surface area contributed by atoms with Crippen molar-refractivity contribution in [1.82, 2.24) is 4.98 Å². The highest BCUT2D eigenvalue weighted by molar-refractivity contribution is 5.76. The first-order valence-corrected chi connectivity index (χ1v) is 4.70. The first-order chi connectivity index (χ1) is 6.34. The zero-order chi connectivity index (χ0) is 8.84. The van der Waals surface area contributed by atoms with Gasteiger partial charge in [0, 0.05) is 5.92 Å². The number of aromatic nitrogens is 1. The van der Waals surface area contributed by atoms with E-state index in [0.29, 0.717) is 5.92 Å². The molecule has 0 aliphatic heterocycles. The van der Waals surface area contributed by atoms with Crippen molar-refractivity contribution in [2.45, 2.75) is 25.7 Å². The summed E-state index contributed by atoms with van der Waals surface area (Å²) in [6.45, 7) is 2.06. The van der Waals surface area contributed by atoms with E-state index in [-0.39, 0.29) is 0 Å². The minimum atomic E-state index is 0.604. The van der Waals surface area contributed by atoms with E-state index < -0.39 is 0 Å². The second-order valence-electron chi connectivity index (χ2n) is 3.75. The summed E-state index contributed by atoms with van der Waals surface area (Å²) in [7, 11) is 0. The number of rotatable bonds is 1. The molecular weight excluding hydrogens is 162 g/mol. The molecule has 2 aromatic rings. The van der Waals surface area contributed by atoms with Gasteiger partial charge in [-0.25, -0.2) is 4.98 Å². The molecule has 2 heteroatoms. The quantitative estimate of drug-likeness (QED) is 0.662. The molecule has 0 N–H and O–H groups in total. The largest absolute Gasteiger partial charge is 0.440 e. The van der Waals surface area contributed by atoms with Crippen molar-refractivity contribution in [3.63, 3.8) is 0 Å². The van der Waals surface area contributed by atoms with Gasteiger partial charge < -0.3 is 4.42 Å². The molecule has 66 valence electrons. The van der Waals surface area contributed by atoms with E-state index in [2.05, 4.69) is 18.0 Å². The summed E-state index contributed by atoms with van der Waals surface area (Å²) in [5.74, 6) is 1.54. The van der Waals surface area contributed by atoms with Crippen molar-refractivity contribution in [3.05, 3.63) is 29.7 Å². The second kappa shape index (κ2) is 2.34. The van der Waals surface area contributed by atoms with E-state index in [4.69, 9.17) is 4.42 Å². The normalized spacial score (nSPS) is 16.7. The lowest BCUT2D eigenvalue weighted by Gasteiger charge is -1.89. The van der Waals surface area contributed by atoms with E-state index in [1.165, 1.54) is 18.4 Å². The molecule has 1 saturated carbocycles. The third-order valence-corrected chi connectivity index (χ3v) is 2.55. The molecule has 1 heterocycles. The Kier molecular flexibility index (Phi) is 1.29. The maximum Gasteiger partial charge on any atom is 0.198 e. The maximum absolute atomic E-state index is 5.71. The Bertz CT molecular complexity index is 454. The van der Waals surface area contributed by atoms with Gasteiger partial charge in [-0.1, -0.05) is 12.1 Å². The standard InChI is InChI=1S/C11H11NO/c1-7-3-2-4-9-10(7)13-11(12-9)8-5-6-8/h2-4,8H,5-6H2,1H3. The molecular formula is C11H11NO. The van der Waals surface area contributed by atoms with Gasteiger partial charge in [-0.05, 0) is 31.4 Å². The Labute approximate surface area is 76.6 Å². The maximum atomic E-state index is 5.71. The Hall–Kier alpha value is -1.31. The van der Waals surface area contributed by atoms with Crippen molar-refractivity contribution < 1.29 is 4.42 Å². The van der Waals surface area contributed by atoms with Crippen molar-refractivity contribution in [2.75, 3.05) is 0 Å². The number of nitrogens with zero attached hydrogens (tertiary/aromatic N) is 1. The highest BCUT2D eigenvalue weighted by Crippen LogP contribution is 2.40. The van der Waals surface area contributed by atoms with Gasteiger partial charge in [0.05, 0.1) is 0 Å². The van der Waals surface area contributed by atoms with Gasteiger partial charge in [-0.2, -0.15) is 0 Å². The van der Waals surface area contributed by atoms with Crippen LogP contribution in [0.15, 0.2) is 22.6 Å². The predicted molar refractivity (Wildman–Crippen MR) is 50.7 cm³/mol. The molecule has 0 atom stereocenters. The van der Waals surface area contributed by atoms with E-state index in [1.807, 2.05) is 12.1 Å². The fraction of sp³-hybridized carbons (Fsp3) is 0.364. The van der Waals surface area contributed by atoms with Crippen LogP contribution in [0.5, 0.6) is 0 Å². The summed E-state index contributed by atoms with van der Waals surface area (Å²) in [6.07, 6.45) is 2.48. The zero-order valence-electron chi connectivity index (χ0n) is 7.58. The fourth-order valence-electron chi connectivity index (χ4n) is 1.61. The number of para-hydroxylation sites is 1. The smallest absolute Gasteiger partial charge is 0.198 e. The molecule has 0 spiro atoms. The molecule has 1 aliphatic rings. The molecule has 2 nitrogen and oxygen atoms in total. The van der Waals surface area contributed by atoms with Crippen LogP contribution >= 0.6 is 0 Å². The highest BCUT2D eigenvalue weighted by atomic mass is 16.3. The van der Waals surface area contributed by atoms with Gasteiger partial charge in [0.2, 0.25) is 0 Å². The molecule has 0 amide bonds. The minimum Gasteiger partial charge on any atom is -0.440 e. The summed E-state index contributed by atoms with van der Waals surface area (Å²) in [4.78, 5) is 4.47. The Morgan fingerprint density at radius 2 is 2.23 bits per heavy atom. The number of aryl methyl sites for hydroxylation is 1. The molecule has 1 aliphatic carbocycles. The third kappa shape index (κ3) is 1.05. The number of benzene rings is 1. The SMILES string of the molecule is Cc1cccc2nc(C3CC3)oc12. The van der Waals surface area contributed by atoms with E-state index in [0.717, 1.165) is 17.0 Å². The molecule has 1 aromatic carbocycles. The summed E-state index contributed by atoms with van der Waals surface area (Å²) < 4.78 is 5.71. The van der Waals surface area contributed by atoms with Gasteiger partial charge in [-0.3, -0.25) is 0 Å². The lowest BCUT2D eigenvalue weighted by atomic mass is 10.2. The monoisotopic (exact) mass is 173 g/mol. The van der Waals surface area contributed by atoms with E-state index in [9.17, 15) is 0 Å². The lowest BCUT2D eigenvalue weighted by Crippen LogP contribution is -1.74. The summed E-state index contributed by atoms with van der Waals surface area (Å²) >= 11 is 0. The van der Waals surface area contributed by atoms with Crippen molar-refractivity contribution in [1.29, 1.82) is 0 Å². The van der Waals surface area contributed by atoms with Crippen LogP contribution in [0, 0.1) is 6.92 Å². The zero-order valence-corrected chi connectivity index (χ0v) is 7.58. The average Bonchev–Trinajstić information content (AvgIpc) is 2.87. The summed E-state index contributed by atoms with van der Waals surface area (Å²) in [5, 5.41) is 0. The first-order valence-electron chi connectivity index (χ1n) is 4.70. The summed E-state index contributed by atoms with van der Waals surface area (Å²) in [6, 6.07) is 6.10. The van der Waals surface area contributed by atoms with Crippen LogP contribution in [0.1, 0.15) is 30.2 Å². The molecule has 3 rings (SSSR count). The van der Waals surface area contributed by atoms with Crippen LogP contribution < -0.4 is 0 Å². The second-order valence-corrected chi connectivity index (χ2v) is 3.75. The van der Waals surface area contributed by atoms with Gasteiger partial charge in [0.1, 0.15) is 5.52 Å². The van der Waals surface area contributed by atoms with Crippen LogP contribution in [-0.4, -0.2) is 4.98 Å². The molecule has 0 bridgehead atoms. The van der Waals surface area contributed by atoms with E-state index in [1.54, 1.807) is 0 Å². The van der Waals surface area contributed by atoms with Gasteiger partial charge in [0.25, 0.3) is 0 Å². The van der Waals surface area contributed by atoms with Crippen LogP contribution in [-0.2, 0) is 0 Å². The van der Waals surface area contributed by atoms with Crippen molar-refractivity contribution in [3.8, 4) is 0 Å². The molecule has 0 radical (unpaired) electrons. The Morgan fingerprint density at radius 1 is 1.38 bits per heavy atom. The van der Waals surface area contributed by atoms with Gasteiger partial charge in [0.15, 0.2) is 11.5 Å². The van der Waals surface area contributed by atoms with Crippen LogP contribution in [0.2, 0.25) is 0 Å². The third-order valence-electron chi connectivity index (χ3n) is 2.55. The molecule has 13 heavy (non-hydrogen) atoms. The first kappa shape index (κ1) is 7.13. The van der Waals surface area contributed by atoms with Gasteiger partial charge in [-0.15, -0.1) is 0 Å². The fourth-order valence-corrected chi connectivity index (χ4v) is 1.61. The number of hydrogen-bond acceptors (Lipinski definition) is 2. The Balaban J connectivity index is 2.26. The number of hydrogen-bond donors (Lipinski definition) is 0. The topological polar surface area (TPSA) is 26.0 Å². The van der Waals surface area contributed by atoms with Crippen LogP contribution in [0.4, 0.5) is 0 Å². The van der Waals surface area contributed by atoms with Crippen molar-refractivity contribution >= 4 is 11.1 Å². The number of fused-ring (bicyclic) bond motifs is 1. The van der Waals surface area contributed by atoms with Crippen LogP contribution in [0.3, 0.4) is 0 Å². The lowest BCUT2D eigenvalue weighted by molar-refractivity contribution is 0.531. The van der Waals surface area contributed by atoms with Gasteiger partial charge >= 0.3 is 0 Å². The number of oxazole rings is 1. The highest BCUT2D eigenvalue weighted by Gasteiger charge is 2.28. The Morgan fingerprint density at radius 3 is 2.92 bits per heavy atom. The molecule has 1 aromatic heterocycles. The minimum absolute atomic E-state index is 0.604. The molecule has 0 unspecified atom stereocenters. The molecule has 1 fully saturated rings.